The van der Waals surface area contributed by atoms with Gasteiger partial charge in [-0.15, -0.1) is 0 Å². The molecule has 0 spiro atoms. The maximum Gasteiger partial charge on any atom is 0.241 e. The predicted molar refractivity (Wildman–Crippen MR) is 85.8 cm³/mol. The standard InChI is InChI=1S/C15H23ClN2O2S/c1-10-4-3-5-14(6-10)18-21(19,20)15-8-13(16)7-12(9-17)11(15)2/h7-8,10,14,18H,3-6,9,17H2,1-2H3. The number of halogens is 1. The van der Waals surface area contributed by atoms with Gasteiger partial charge in [0.15, 0.2) is 0 Å². The zero-order chi connectivity index (χ0) is 15.6. The quantitative estimate of drug-likeness (QED) is 0.891. The third-order valence-electron chi connectivity index (χ3n) is 4.20. The van der Waals surface area contributed by atoms with Gasteiger partial charge in [-0.25, -0.2) is 13.1 Å². The Morgan fingerprint density at radius 2 is 2.10 bits per heavy atom. The van der Waals surface area contributed by atoms with Crippen molar-refractivity contribution in [3.05, 3.63) is 28.3 Å². The van der Waals surface area contributed by atoms with Gasteiger partial charge in [0.1, 0.15) is 0 Å². The second kappa shape index (κ2) is 6.65. The van der Waals surface area contributed by atoms with E-state index in [9.17, 15) is 8.42 Å². The van der Waals surface area contributed by atoms with Crippen molar-refractivity contribution in [2.24, 2.45) is 11.7 Å². The molecule has 1 aromatic carbocycles. The molecule has 118 valence electrons. The summed E-state index contributed by atoms with van der Waals surface area (Å²) < 4.78 is 28.1. The first-order valence-electron chi connectivity index (χ1n) is 7.35. The molecule has 0 amide bonds. The van der Waals surface area contributed by atoms with Crippen molar-refractivity contribution >= 4 is 21.6 Å². The average Bonchev–Trinajstić information content (AvgIpc) is 2.40. The predicted octanol–water partition coefficient (Wildman–Crippen LogP) is 2.96. The van der Waals surface area contributed by atoms with Crippen LogP contribution >= 0.6 is 11.6 Å². The van der Waals surface area contributed by atoms with Crippen molar-refractivity contribution in [2.75, 3.05) is 0 Å². The summed E-state index contributed by atoms with van der Waals surface area (Å²) in [5, 5.41) is 0.401. The van der Waals surface area contributed by atoms with Crippen LogP contribution in [0.15, 0.2) is 17.0 Å². The molecular formula is C15H23ClN2O2S. The summed E-state index contributed by atoms with van der Waals surface area (Å²) >= 11 is 6.02. The Bertz CT molecular complexity index is 616. The van der Waals surface area contributed by atoms with Gasteiger partial charge < -0.3 is 5.73 Å². The molecule has 0 radical (unpaired) electrons. The fourth-order valence-electron chi connectivity index (χ4n) is 3.02. The van der Waals surface area contributed by atoms with Gasteiger partial charge in [-0.05, 0) is 48.9 Å². The minimum atomic E-state index is -3.56. The number of sulfonamides is 1. The summed E-state index contributed by atoms with van der Waals surface area (Å²) in [6, 6.07) is 3.24. The van der Waals surface area contributed by atoms with Gasteiger partial charge in [-0.1, -0.05) is 31.4 Å². The third kappa shape index (κ3) is 3.97. The van der Waals surface area contributed by atoms with E-state index in [1.165, 1.54) is 12.5 Å². The van der Waals surface area contributed by atoms with E-state index in [-0.39, 0.29) is 17.5 Å². The van der Waals surface area contributed by atoms with Gasteiger partial charge in [-0.3, -0.25) is 0 Å². The Morgan fingerprint density at radius 1 is 1.38 bits per heavy atom. The first-order chi connectivity index (χ1) is 9.83. The molecule has 2 unspecified atom stereocenters. The summed E-state index contributed by atoms with van der Waals surface area (Å²) in [5.41, 5.74) is 7.10. The molecule has 0 bridgehead atoms. The highest BCUT2D eigenvalue weighted by atomic mass is 35.5. The number of nitrogens with one attached hydrogen (secondary N) is 1. The molecule has 6 heteroatoms. The highest BCUT2D eigenvalue weighted by Gasteiger charge is 2.26. The molecule has 21 heavy (non-hydrogen) atoms. The molecule has 2 atom stereocenters. The fraction of sp³-hybridized carbons (Fsp3) is 0.600. The van der Waals surface area contributed by atoms with Crippen molar-refractivity contribution in [3.63, 3.8) is 0 Å². The molecule has 2 rings (SSSR count). The summed E-state index contributed by atoms with van der Waals surface area (Å²) in [6.45, 7) is 4.21. The van der Waals surface area contributed by atoms with Gasteiger partial charge in [0.05, 0.1) is 4.90 Å². The lowest BCUT2D eigenvalue weighted by atomic mass is 9.88. The van der Waals surface area contributed by atoms with Gasteiger partial charge >= 0.3 is 0 Å². The molecule has 1 aliphatic carbocycles. The maximum absolute atomic E-state index is 12.6. The zero-order valence-corrected chi connectivity index (χ0v) is 14.1. The molecule has 1 fully saturated rings. The number of nitrogens with two attached hydrogens (primary N) is 1. The van der Waals surface area contributed by atoms with Gasteiger partial charge in [0.2, 0.25) is 10.0 Å². The lowest BCUT2D eigenvalue weighted by molar-refractivity contribution is 0.327. The molecule has 1 saturated carbocycles. The van der Waals surface area contributed by atoms with Crippen molar-refractivity contribution < 1.29 is 8.42 Å². The van der Waals surface area contributed by atoms with Crippen LogP contribution in [-0.4, -0.2) is 14.5 Å². The average molecular weight is 331 g/mol. The fourth-order valence-corrected chi connectivity index (χ4v) is 4.92. The number of hydrogen-bond donors (Lipinski definition) is 2. The van der Waals surface area contributed by atoms with E-state index in [2.05, 4.69) is 11.6 Å². The Hall–Kier alpha value is -0.620. The smallest absolute Gasteiger partial charge is 0.241 e. The van der Waals surface area contributed by atoms with Crippen LogP contribution in [0.1, 0.15) is 43.7 Å². The monoisotopic (exact) mass is 330 g/mol. The minimum Gasteiger partial charge on any atom is -0.326 e. The zero-order valence-electron chi connectivity index (χ0n) is 12.5. The molecule has 0 aliphatic heterocycles. The van der Waals surface area contributed by atoms with E-state index in [0.717, 1.165) is 24.8 Å². The third-order valence-corrected chi connectivity index (χ3v) is 6.06. The largest absolute Gasteiger partial charge is 0.326 e. The van der Waals surface area contributed by atoms with E-state index in [1.807, 2.05) is 0 Å². The minimum absolute atomic E-state index is 0.0125. The Morgan fingerprint density at radius 3 is 2.71 bits per heavy atom. The van der Waals surface area contributed by atoms with E-state index in [0.29, 0.717) is 16.5 Å². The molecule has 4 nitrogen and oxygen atoms in total. The highest BCUT2D eigenvalue weighted by Crippen LogP contribution is 2.27. The normalized spacial score (nSPS) is 23.2. The van der Waals surface area contributed by atoms with Crippen LogP contribution in [0.5, 0.6) is 0 Å². The van der Waals surface area contributed by atoms with Gasteiger partial charge in [-0.2, -0.15) is 0 Å². The summed E-state index contributed by atoms with van der Waals surface area (Å²) in [5.74, 6) is 0.562. The Kier molecular flexibility index (Phi) is 5.30. The van der Waals surface area contributed by atoms with Crippen molar-refractivity contribution in [2.45, 2.75) is 57.0 Å². The Labute approximate surface area is 132 Å². The van der Waals surface area contributed by atoms with E-state index < -0.39 is 10.0 Å². The van der Waals surface area contributed by atoms with E-state index in [4.69, 9.17) is 17.3 Å². The number of benzene rings is 1. The summed E-state index contributed by atoms with van der Waals surface area (Å²) in [7, 11) is -3.56. The van der Waals surface area contributed by atoms with Crippen molar-refractivity contribution in [1.29, 1.82) is 0 Å². The highest BCUT2D eigenvalue weighted by molar-refractivity contribution is 7.89. The van der Waals surface area contributed by atoms with Crippen LogP contribution in [0.2, 0.25) is 5.02 Å². The Balaban J connectivity index is 2.29. The van der Waals surface area contributed by atoms with E-state index in [1.54, 1.807) is 13.0 Å². The maximum atomic E-state index is 12.6. The number of rotatable bonds is 4. The molecule has 0 heterocycles. The van der Waals surface area contributed by atoms with Gasteiger partial charge in [0.25, 0.3) is 0 Å². The second-order valence-corrected chi connectivity index (χ2v) is 8.10. The molecule has 1 aliphatic rings. The van der Waals surface area contributed by atoms with Crippen LogP contribution in [0, 0.1) is 12.8 Å². The van der Waals surface area contributed by atoms with Crippen molar-refractivity contribution in [3.8, 4) is 0 Å². The van der Waals surface area contributed by atoms with Crippen LogP contribution in [0.3, 0.4) is 0 Å². The topological polar surface area (TPSA) is 72.2 Å². The molecule has 3 N–H and O–H groups in total. The van der Waals surface area contributed by atoms with Crippen LogP contribution < -0.4 is 10.5 Å². The molecule has 0 saturated heterocycles. The molecular weight excluding hydrogens is 308 g/mol. The lowest BCUT2D eigenvalue weighted by Gasteiger charge is -2.27. The van der Waals surface area contributed by atoms with E-state index >= 15 is 0 Å². The molecule has 0 aromatic heterocycles. The molecule has 1 aromatic rings. The summed E-state index contributed by atoms with van der Waals surface area (Å²) in [4.78, 5) is 0.244. The van der Waals surface area contributed by atoms with Crippen LogP contribution in [0.4, 0.5) is 0 Å². The van der Waals surface area contributed by atoms with Crippen LogP contribution in [0.25, 0.3) is 0 Å². The lowest BCUT2D eigenvalue weighted by Crippen LogP contribution is -2.38. The first-order valence-corrected chi connectivity index (χ1v) is 9.21. The van der Waals surface area contributed by atoms with Crippen molar-refractivity contribution in [1.82, 2.24) is 4.72 Å². The first kappa shape index (κ1) is 16.7. The second-order valence-electron chi connectivity index (χ2n) is 5.98. The van der Waals surface area contributed by atoms with Gasteiger partial charge in [0, 0.05) is 17.6 Å². The number of hydrogen-bond acceptors (Lipinski definition) is 3. The summed E-state index contributed by atoms with van der Waals surface area (Å²) in [6.07, 6.45) is 4.03. The SMILES string of the molecule is Cc1c(CN)cc(Cl)cc1S(=O)(=O)NC1CCCC(C)C1. The van der Waals surface area contributed by atoms with Crippen LogP contribution in [-0.2, 0) is 16.6 Å².